The number of nitrogens with two attached hydrogens (primary N) is 2. The van der Waals surface area contributed by atoms with E-state index < -0.39 is 0 Å². The fourth-order valence-corrected chi connectivity index (χ4v) is 0.410. The molecule has 0 atom stereocenters. The van der Waals surface area contributed by atoms with Crippen molar-refractivity contribution in [3.05, 3.63) is 0 Å². The largest absolute Gasteiger partial charge is 0.329 e. The van der Waals surface area contributed by atoms with E-state index in [-0.39, 0.29) is 0 Å². The molecule has 0 rings (SSSR count). The van der Waals surface area contributed by atoms with Gasteiger partial charge in [-0.05, 0) is 0 Å². The molecular weight excluding hydrogens is 106 g/mol. The zero-order valence-electron chi connectivity index (χ0n) is 4.88. The summed E-state index contributed by atoms with van der Waals surface area (Å²) >= 11 is 0. The maximum atomic E-state index is 8.72. The Hall–Kier alpha value is -0.160. The van der Waals surface area contributed by atoms with Gasteiger partial charge in [-0.1, -0.05) is 0 Å². The minimum absolute atomic E-state index is 0.469. The van der Waals surface area contributed by atoms with Gasteiger partial charge in [-0.2, -0.15) is 5.06 Å². The van der Waals surface area contributed by atoms with Crippen LogP contribution in [0, 0.1) is 0 Å². The summed E-state index contributed by atoms with van der Waals surface area (Å²) in [5.41, 5.74) is 10.2. The lowest BCUT2D eigenvalue weighted by molar-refractivity contribution is -0.0848. The Balaban J connectivity index is 2.92. The van der Waals surface area contributed by atoms with Crippen LogP contribution in [-0.4, -0.2) is 36.4 Å². The molecule has 0 aromatic rings. The van der Waals surface area contributed by atoms with Crippen molar-refractivity contribution in [2.45, 2.75) is 0 Å². The zero-order valence-corrected chi connectivity index (χ0v) is 4.88. The van der Waals surface area contributed by atoms with Crippen molar-refractivity contribution in [1.82, 2.24) is 5.06 Å². The molecule has 8 heavy (non-hydrogen) atoms. The Bertz CT molecular complexity index is 44.5. The summed E-state index contributed by atoms with van der Waals surface area (Å²) in [6.45, 7) is 1.93. The summed E-state index contributed by atoms with van der Waals surface area (Å²) < 4.78 is 0. The molecule has 50 valence electrons. The first kappa shape index (κ1) is 7.84. The van der Waals surface area contributed by atoms with Gasteiger partial charge in [-0.3, -0.25) is 0 Å². The second-order valence-corrected chi connectivity index (χ2v) is 1.53. The Morgan fingerprint density at radius 2 is 1.50 bits per heavy atom. The SMILES string of the molecule is NCCN(O)CCN. The van der Waals surface area contributed by atoms with E-state index in [9.17, 15) is 0 Å². The first-order valence-corrected chi connectivity index (χ1v) is 2.65. The predicted molar refractivity (Wildman–Crippen MR) is 31.5 cm³/mol. The monoisotopic (exact) mass is 119 g/mol. The summed E-state index contributed by atoms with van der Waals surface area (Å²) in [6, 6.07) is 0. The van der Waals surface area contributed by atoms with E-state index in [1.165, 1.54) is 0 Å². The van der Waals surface area contributed by atoms with Crippen molar-refractivity contribution >= 4 is 0 Å². The molecule has 4 heteroatoms. The zero-order chi connectivity index (χ0) is 6.41. The molecule has 0 heterocycles. The second kappa shape index (κ2) is 4.99. The highest BCUT2D eigenvalue weighted by Gasteiger charge is 1.92. The summed E-state index contributed by atoms with van der Waals surface area (Å²) in [5.74, 6) is 0. The first-order valence-electron chi connectivity index (χ1n) is 2.65. The summed E-state index contributed by atoms with van der Waals surface area (Å²) in [5, 5.41) is 9.83. The fraction of sp³-hybridized carbons (Fsp3) is 1.00. The molecule has 0 unspecified atom stereocenters. The Kier molecular flexibility index (Phi) is 4.89. The lowest BCUT2D eigenvalue weighted by Gasteiger charge is -2.10. The molecule has 0 bridgehead atoms. The standard InChI is InChI=1S/C4H13N3O/c5-1-3-7(8)4-2-6/h8H,1-6H2. The molecule has 0 aliphatic rings. The van der Waals surface area contributed by atoms with Crippen LogP contribution in [0.3, 0.4) is 0 Å². The van der Waals surface area contributed by atoms with E-state index >= 15 is 0 Å². The van der Waals surface area contributed by atoms with E-state index in [0.717, 1.165) is 5.06 Å². The first-order chi connectivity index (χ1) is 3.81. The molecule has 0 saturated carbocycles. The van der Waals surface area contributed by atoms with Gasteiger partial charge in [-0.25, -0.2) is 0 Å². The van der Waals surface area contributed by atoms with E-state index in [1.807, 2.05) is 0 Å². The van der Waals surface area contributed by atoms with Crippen molar-refractivity contribution in [3.8, 4) is 0 Å². The highest BCUT2D eigenvalue weighted by atomic mass is 16.5. The Labute approximate surface area is 49.0 Å². The van der Waals surface area contributed by atoms with E-state index in [2.05, 4.69) is 0 Å². The van der Waals surface area contributed by atoms with Gasteiger partial charge in [0.2, 0.25) is 0 Å². The van der Waals surface area contributed by atoms with Crippen molar-refractivity contribution < 1.29 is 5.21 Å². The quantitative estimate of drug-likeness (QED) is 0.398. The van der Waals surface area contributed by atoms with Crippen LogP contribution in [0.5, 0.6) is 0 Å². The maximum Gasteiger partial charge on any atom is 0.0361 e. The Morgan fingerprint density at radius 3 is 1.75 bits per heavy atom. The lowest BCUT2D eigenvalue weighted by Crippen LogP contribution is -2.30. The third-order valence-electron chi connectivity index (χ3n) is 0.774. The average molecular weight is 119 g/mol. The van der Waals surface area contributed by atoms with Crippen LogP contribution in [0.1, 0.15) is 0 Å². The van der Waals surface area contributed by atoms with Gasteiger partial charge < -0.3 is 16.7 Å². The van der Waals surface area contributed by atoms with E-state index in [4.69, 9.17) is 16.7 Å². The van der Waals surface area contributed by atoms with Crippen molar-refractivity contribution in [1.29, 1.82) is 0 Å². The fourth-order valence-electron chi connectivity index (χ4n) is 0.410. The van der Waals surface area contributed by atoms with Gasteiger partial charge in [0.1, 0.15) is 0 Å². The molecule has 0 radical (unpaired) electrons. The van der Waals surface area contributed by atoms with Crippen LogP contribution in [0.2, 0.25) is 0 Å². The normalized spacial score (nSPS) is 10.5. The van der Waals surface area contributed by atoms with Crippen molar-refractivity contribution in [2.24, 2.45) is 11.5 Å². The molecule has 4 nitrogen and oxygen atoms in total. The van der Waals surface area contributed by atoms with Crippen LogP contribution in [0.4, 0.5) is 0 Å². The van der Waals surface area contributed by atoms with E-state index in [1.54, 1.807) is 0 Å². The molecule has 5 N–H and O–H groups in total. The van der Waals surface area contributed by atoms with Crippen LogP contribution >= 0.6 is 0 Å². The van der Waals surface area contributed by atoms with Crippen molar-refractivity contribution in [2.75, 3.05) is 26.2 Å². The van der Waals surface area contributed by atoms with Gasteiger partial charge in [0.15, 0.2) is 0 Å². The van der Waals surface area contributed by atoms with Gasteiger partial charge >= 0.3 is 0 Å². The van der Waals surface area contributed by atoms with Crippen LogP contribution in [-0.2, 0) is 0 Å². The van der Waals surface area contributed by atoms with E-state index in [0.29, 0.717) is 26.2 Å². The lowest BCUT2D eigenvalue weighted by atomic mass is 10.5. The molecule has 0 saturated heterocycles. The molecule has 0 aromatic carbocycles. The third kappa shape index (κ3) is 4.01. The topological polar surface area (TPSA) is 75.5 Å². The highest BCUT2D eigenvalue weighted by molar-refractivity contribution is 4.44. The number of hydrogen-bond acceptors (Lipinski definition) is 4. The number of nitrogens with zero attached hydrogens (tertiary/aromatic N) is 1. The van der Waals surface area contributed by atoms with Crippen LogP contribution < -0.4 is 11.5 Å². The second-order valence-electron chi connectivity index (χ2n) is 1.53. The highest BCUT2D eigenvalue weighted by Crippen LogP contribution is 1.73. The number of rotatable bonds is 4. The number of hydrogen-bond donors (Lipinski definition) is 3. The van der Waals surface area contributed by atoms with Gasteiger partial charge in [-0.15, -0.1) is 0 Å². The summed E-state index contributed by atoms with van der Waals surface area (Å²) in [4.78, 5) is 0. The summed E-state index contributed by atoms with van der Waals surface area (Å²) in [6.07, 6.45) is 0. The minimum Gasteiger partial charge on any atom is -0.329 e. The van der Waals surface area contributed by atoms with Gasteiger partial charge in [0.05, 0.1) is 0 Å². The van der Waals surface area contributed by atoms with Crippen LogP contribution in [0.15, 0.2) is 0 Å². The van der Waals surface area contributed by atoms with Gasteiger partial charge in [0.25, 0.3) is 0 Å². The average Bonchev–Trinajstić information content (AvgIpc) is 1.68. The predicted octanol–water partition coefficient (Wildman–Crippen LogP) is -1.40. The maximum absolute atomic E-state index is 8.72. The van der Waals surface area contributed by atoms with Gasteiger partial charge in [0, 0.05) is 26.2 Å². The molecule has 0 amide bonds. The van der Waals surface area contributed by atoms with Crippen LogP contribution in [0.25, 0.3) is 0 Å². The molecule has 0 fully saturated rings. The minimum atomic E-state index is 0.469. The molecule has 0 aromatic heterocycles. The summed E-state index contributed by atoms with van der Waals surface area (Å²) in [7, 11) is 0. The number of hydroxylamine groups is 2. The molecule has 0 aliphatic carbocycles. The molecular formula is C4H13N3O. The third-order valence-corrected chi connectivity index (χ3v) is 0.774. The molecule has 0 aliphatic heterocycles. The smallest absolute Gasteiger partial charge is 0.0361 e. The van der Waals surface area contributed by atoms with Crippen molar-refractivity contribution in [3.63, 3.8) is 0 Å². The Morgan fingerprint density at radius 1 is 1.12 bits per heavy atom. The molecule has 0 spiro atoms.